The fourth-order valence-electron chi connectivity index (χ4n) is 3.68. The van der Waals surface area contributed by atoms with Crippen molar-refractivity contribution in [1.29, 1.82) is 0 Å². The van der Waals surface area contributed by atoms with Crippen LogP contribution in [0.1, 0.15) is 21.6 Å². The number of aliphatic imine (C=N–C) groups is 1. The van der Waals surface area contributed by atoms with E-state index in [0.717, 1.165) is 21.6 Å². The van der Waals surface area contributed by atoms with E-state index in [0.29, 0.717) is 5.75 Å². The van der Waals surface area contributed by atoms with Crippen LogP contribution in [0.4, 0.5) is 0 Å². The van der Waals surface area contributed by atoms with E-state index in [-0.39, 0.29) is 0 Å². The number of rotatable bonds is 9. The Kier molecular flexibility index (Phi) is 7.20. The van der Waals surface area contributed by atoms with E-state index in [1.165, 1.54) is 0 Å². The molecule has 32 heavy (non-hydrogen) atoms. The zero-order valence-corrected chi connectivity index (χ0v) is 19.0. The van der Waals surface area contributed by atoms with Crippen LogP contribution in [0.25, 0.3) is 0 Å². The van der Waals surface area contributed by atoms with Crippen LogP contribution in [-0.2, 0) is 9.54 Å². The van der Waals surface area contributed by atoms with Gasteiger partial charge >= 0.3 is 5.97 Å². The average Bonchev–Trinajstić information content (AvgIpc) is 3.37. The molecule has 0 radical (unpaired) electrons. The fourth-order valence-corrected chi connectivity index (χ4v) is 5.82. The van der Waals surface area contributed by atoms with Crippen LogP contribution < -0.4 is 0 Å². The van der Waals surface area contributed by atoms with E-state index >= 15 is 0 Å². The third-order valence-corrected chi connectivity index (χ3v) is 7.64. The summed E-state index contributed by atoms with van der Waals surface area (Å²) in [4.78, 5) is 17.4. The van der Waals surface area contributed by atoms with Crippen molar-refractivity contribution in [3.63, 3.8) is 0 Å². The largest absolute Gasteiger partial charge is 0.480 e. The monoisotopic (exact) mass is 457 g/mol. The third kappa shape index (κ3) is 4.85. The number of carbonyl (C=O) groups is 1. The van der Waals surface area contributed by atoms with Crippen molar-refractivity contribution in [3.05, 3.63) is 130 Å². The SMILES string of the molecule is O=C(O)[C@H](CSC(c1ccccc1)(c1ccccc1)c1ccccc1)N=Cc1cccs1. The summed E-state index contributed by atoms with van der Waals surface area (Å²) in [7, 11) is 0. The highest BCUT2D eigenvalue weighted by Crippen LogP contribution is 2.48. The molecule has 0 aliphatic carbocycles. The minimum Gasteiger partial charge on any atom is -0.480 e. The molecule has 3 nitrogen and oxygen atoms in total. The smallest absolute Gasteiger partial charge is 0.329 e. The molecule has 0 aliphatic heterocycles. The predicted molar refractivity (Wildman–Crippen MR) is 135 cm³/mol. The van der Waals surface area contributed by atoms with Crippen LogP contribution >= 0.6 is 23.1 Å². The molecule has 160 valence electrons. The van der Waals surface area contributed by atoms with E-state index in [2.05, 4.69) is 41.4 Å². The van der Waals surface area contributed by atoms with E-state index in [1.54, 1.807) is 29.3 Å². The zero-order chi connectivity index (χ0) is 22.2. The quantitative estimate of drug-likeness (QED) is 0.235. The molecule has 0 saturated heterocycles. The van der Waals surface area contributed by atoms with E-state index < -0.39 is 16.8 Å². The van der Waals surface area contributed by atoms with Gasteiger partial charge in [-0.05, 0) is 28.1 Å². The maximum absolute atomic E-state index is 12.1. The average molecular weight is 458 g/mol. The van der Waals surface area contributed by atoms with Crippen LogP contribution in [-0.4, -0.2) is 29.1 Å². The van der Waals surface area contributed by atoms with Gasteiger partial charge in [-0.2, -0.15) is 0 Å². The molecular formula is C27H23NO2S2. The molecule has 0 spiro atoms. The first-order valence-electron chi connectivity index (χ1n) is 10.3. The van der Waals surface area contributed by atoms with Crippen molar-refractivity contribution in [3.8, 4) is 0 Å². The lowest BCUT2D eigenvalue weighted by atomic mass is 9.84. The molecule has 1 atom stereocenters. The molecular weight excluding hydrogens is 434 g/mol. The Bertz CT molecular complexity index is 1050. The van der Waals surface area contributed by atoms with Gasteiger partial charge in [0.25, 0.3) is 0 Å². The normalized spacial score (nSPS) is 12.6. The Labute approximate surface area is 196 Å². The summed E-state index contributed by atoms with van der Waals surface area (Å²) in [5.41, 5.74) is 3.32. The summed E-state index contributed by atoms with van der Waals surface area (Å²) < 4.78 is -0.560. The van der Waals surface area contributed by atoms with Crippen molar-refractivity contribution < 1.29 is 9.90 Å². The van der Waals surface area contributed by atoms with Crippen LogP contribution in [0.15, 0.2) is 114 Å². The topological polar surface area (TPSA) is 49.7 Å². The molecule has 3 aromatic carbocycles. The predicted octanol–water partition coefficient (Wildman–Crippen LogP) is 6.35. The summed E-state index contributed by atoms with van der Waals surface area (Å²) in [5, 5.41) is 11.8. The Morgan fingerprint density at radius 2 is 1.34 bits per heavy atom. The third-order valence-electron chi connectivity index (χ3n) is 5.21. The highest BCUT2D eigenvalue weighted by molar-refractivity contribution is 8.00. The van der Waals surface area contributed by atoms with Gasteiger partial charge in [0.2, 0.25) is 0 Å². The molecule has 5 heteroatoms. The lowest BCUT2D eigenvalue weighted by molar-refractivity contribution is -0.137. The van der Waals surface area contributed by atoms with Gasteiger partial charge in [0.05, 0.1) is 4.75 Å². The number of thioether (sulfide) groups is 1. The lowest BCUT2D eigenvalue weighted by Crippen LogP contribution is -2.30. The van der Waals surface area contributed by atoms with Gasteiger partial charge in [-0.3, -0.25) is 4.99 Å². The molecule has 0 unspecified atom stereocenters. The van der Waals surface area contributed by atoms with E-state index in [9.17, 15) is 9.90 Å². The molecule has 0 saturated carbocycles. The molecule has 0 amide bonds. The van der Waals surface area contributed by atoms with Gasteiger partial charge in [-0.1, -0.05) is 97.1 Å². The summed E-state index contributed by atoms with van der Waals surface area (Å²) >= 11 is 3.15. The van der Waals surface area contributed by atoms with E-state index in [4.69, 9.17) is 0 Å². The number of hydrogen-bond acceptors (Lipinski definition) is 4. The number of carboxylic acids is 1. The maximum Gasteiger partial charge on any atom is 0.329 e. The Balaban J connectivity index is 1.77. The maximum atomic E-state index is 12.1. The van der Waals surface area contributed by atoms with Crippen molar-refractivity contribution in [2.45, 2.75) is 10.8 Å². The first-order valence-corrected chi connectivity index (χ1v) is 12.2. The van der Waals surface area contributed by atoms with E-state index in [1.807, 2.05) is 72.1 Å². The number of thiophene rings is 1. The second-order valence-electron chi connectivity index (χ2n) is 7.24. The fraction of sp³-hybridized carbons (Fsp3) is 0.111. The molecule has 1 aromatic heterocycles. The van der Waals surface area contributed by atoms with Gasteiger partial charge < -0.3 is 5.11 Å². The molecule has 0 bridgehead atoms. The van der Waals surface area contributed by atoms with Gasteiger partial charge in [0.15, 0.2) is 6.04 Å². The van der Waals surface area contributed by atoms with Gasteiger partial charge in [0, 0.05) is 16.8 Å². The van der Waals surface area contributed by atoms with Crippen molar-refractivity contribution >= 4 is 35.3 Å². The standard InChI is InChI=1S/C27H23NO2S2/c29-26(30)25(28-19-24-17-10-18-31-24)20-32-27(21-11-4-1-5-12-21,22-13-6-2-7-14-22)23-15-8-3-9-16-23/h1-19,25H,20H2,(H,29,30)/t25-/m0/s1. The highest BCUT2D eigenvalue weighted by Gasteiger charge is 2.38. The Morgan fingerprint density at radius 1 is 0.844 bits per heavy atom. The van der Waals surface area contributed by atoms with Crippen LogP contribution in [0.2, 0.25) is 0 Å². The molecule has 4 rings (SSSR count). The molecule has 0 aliphatic rings. The minimum atomic E-state index is -0.923. The molecule has 4 aromatic rings. The minimum absolute atomic E-state index is 0.329. The second-order valence-corrected chi connectivity index (χ2v) is 9.45. The van der Waals surface area contributed by atoms with Crippen molar-refractivity contribution in [1.82, 2.24) is 0 Å². The second kappa shape index (κ2) is 10.4. The summed E-state index contributed by atoms with van der Waals surface area (Å²) in [6, 6.07) is 33.8. The first kappa shape index (κ1) is 22.1. The highest BCUT2D eigenvalue weighted by atomic mass is 32.2. The number of benzene rings is 3. The van der Waals surface area contributed by atoms with Crippen LogP contribution in [0.3, 0.4) is 0 Å². The molecule has 1 heterocycles. The number of nitrogens with zero attached hydrogens (tertiary/aromatic N) is 1. The van der Waals surface area contributed by atoms with Gasteiger partial charge in [-0.15, -0.1) is 23.1 Å². The number of carboxylic acid groups (broad SMARTS) is 1. The van der Waals surface area contributed by atoms with Crippen molar-refractivity contribution in [2.24, 2.45) is 4.99 Å². The molecule has 0 fully saturated rings. The van der Waals surface area contributed by atoms with Crippen LogP contribution in [0, 0.1) is 0 Å². The Morgan fingerprint density at radius 3 is 1.75 bits per heavy atom. The number of hydrogen-bond donors (Lipinski definition) is 1. The number of aliphatic carboxylic acids is 1. The van der Waals surface area contributed by atoms with Crippen LogP contribution in [0.5, 0.6) is 0 Å². The first-order chi connectivity index (χ1) is 15.7. The van der Waals surface area contributed by atoms with Crippen molar-refractivity contribution in [2.75, 3.05) is 5.75 Å². The summed E-state index contributed by atoms with van der Waals surface area (Å²) in [6.45, 7) is 0. The summed E-state index contributed by atoms with van der Waals surface area (Å²) in [5.74, 6) is -0.594. The van der Waals surface area contributed by atoms with Gasteiger partial charge in [-0.25, -0.2) is 4.79 Å². The Hall–Kier alpha value is -3.15. The zero-order valence-electron chi connectivity index (χ0n) is 17.4. The van der Waals surface area contributed by atoms with Gasteiger partial charge in [0.1, 0.15) is 0 Å². The lowest BCUT2D eigenvalue weighted by Gasteiger charge is -2.36. The summed E-state index contributed by atoms with van der Waals surface area (Å²) in [6.07, 6.45) is 1.67. The molecule has 1 N–H and O–H groups in total.